The van der Waals surface area contributed by atoms with E-state index in [0.29, 0.717) is 18.4 Å². The number of amides is 3. The van der Waals surface area contributed by atoms with Crippen LogP contribution in [-0.2, 0) is 21.5 Å². The van der Waals surface area contributed by atoms with Crippen LogP contribution in [0.1, 0.15) is 45.6 Å². The molecule has 0 heterocycles. The molecular weight excluding hydrogens is 398 g/mol. The van der Waals surface area contributed by atoms with Gasteiger partial charge < -0.3 is 10.1 Å². The Kier molecular flexibility index (Phi) is 9.38. The maximum atomic E-state index is 13.0. The van der Waals surface area contributed by atoms with E-state index < -0.39 is 22.3 Å². The predicted molar refractivity (Wildman–Crippen MR) is 111 cm³/mol. The van der Waals surface area contributed by atoms with Gasteiger partial charge in [-0.25, -0.2) is 4.79 Å². The van der Waals surface area contributed by atoms with Gasteiger partial charge in [-0.2, -0.15) is 8.42 Å². The number of methoxy groups -OCH3 is 1. The van der Waals surface area contributed by atoms with Crippen LogP contribution in [0.4, 0.5) is 10.5 Å². The number of rotatable bonds is 10. The topological polar surface area (TPSA) is 125 Å². The number of imide groups is 1. The van der Waals surface area contributed by atoms with Gasteiger partial charge in [-0.3, -0.25) is 19.0 Å². The quantitative estimate of drug-likeness (QED) is 0.491. The molecule has 2 unspecified atom stereocenters. The van der Waals surface area contributed by atoms with Crippen LogP contribution in [0.25, 0.3) is 0 Å². The summed E-state index contributed by atoms with van der Waals surface area (Å²) in [7, 11) is -1.62. The predicted octanol–water partition coefficient (Wildman–Crippen LogP) is 2.84. The van der Waals surface area contributed by atoms with Gasteiger partial charge in [0.25, 0.3) is 0 Å². The van der Waals surface area contributed by atoms with E-state index >= 15 is 0 Å². The van der Waals surface area contributed by atoms with Gasteiger partial charge in [0, 0.05) is 19.0 Å². The monoisotopic (exact) mass is 429 g/mol. The maximum Gasteiger partial charge on any atom is 0.357 e. The van der Waals surface area contributed by atoms with Crippen molar-refractivity contribution >= 4 is 27.9 Å². The van der Waals surface area contributed by atoms with E-state index in [1.54, 1.807) is 19.1 Å². The second kappa shape index (κ2) is 11.0. The Hall–Kier alpha value is -2.33. The summed E-state index contributed by atoms with van der Waals surface area (Å²) < 4.78 is 38.4. The first-order chi connectivity index (χ1) is 13.6. The summed E-state index contributed by atoms with van der Waals surface area (Å²) in [6, 6.07) is 4.10. The molecule has 3 N–H and O–H groups in total. The van der Waals surface area contributed by atoms with Crippen molar-refractivity contribution in [2.45, 2.75) is 52.5 Å². The zero-order valence-electron chi connectivity index (χ0n) is 17.6. The molecule has 0 aromatic heterocycles. The lowest BCUT2D eigenvalue weighted by Gasteiger charge is -2.31. The third kappa shape index (κ3) is 7.21. The third-order valence-corrected chi connectivity index (χ3v) is 5.07. The Morgan fingerprint density at radius 2 is 1.93 bits per heavy atom. The van der Waals surface area contributed by atoms with Gasteiger partial charge in [-0.05, 0) is 37.0 Å². The van der Waals surface area contributed by atoms with Gasteiger partial charge in [0.2, 0.25) is 5.91 Å². The minimum atomic E-state index is -4.48. The number of hydrogen-bond acceptors (Lipinski definition) is 5. The highest BCUT2D eigenvalue weighted by Crippen LogP contribution is 2.28. The van der Waals surface area contributed by atoms with Crippen LogP contribution in [-0.4, -0.2) is 50.0 Å². The Balaban J connectivity index is 3.11. The van der Waals surface area contributed by atoms with Crippen molar-refractivity contribution in [3.63, 3.8) is 0 Å². The zero-order chi connectivity index (χ0) is 22.2. The number of urea groups is 1. The molecule has 0 fully saturated rings. The molecule has 0 spiro atoms. The summed E-state index contributed by atoms with van der Waals surface area (Å²) in [6.45, 7) is 5.65. The summed E-state index contributed by atoms with van der Waals surface area (Å²) >= 11 is 0. The largest absolute Gasteiger partial charge is 0.495 e. The highest BCUT2D eigenvalue weighted by molar-refractivity contribution is 7.87. The molecule has 0 bridgehead atoms. The van der Waals surface area contributed by atoms with Gasteiger partial charge in [-0.1, -0.05) is 33.3 Å². The minimum absolute atomic E-state index is 0.0627. The van der Waals surface area contributed by atoms with Crippen molar-refractivity contribution in [1.29, 1.82) is 0 Å². The molecule has 1 aromatic rings. The van der Waals surface area contributed by atoms with E-state index in [-0.39, 0.29) is 29.8 Å². The van der Waals surface area contributed by atoms with E-state index in [4.69, 9.17) is 9.29 Å². The van der Waals surface area contributed by atoms with Crippen LogP contribution in [0.5, 0.6) is 5.75 Å². The first kappa shape index (κ1) is 24.7. The normalized spacial score (nSPS) is 13.3. The molecule has 1 rings (SSSR count). The molecule has 9 nitrogen and oxygen atoms in total. The number of hydrogen-bond donors (Lipinski definition) is 3. The molecule has 0 aliphatic heterocycles. The second-order valence-electron chi connectivity index (χ2n) is 6.83. The SMILES string of the molecule is CCCC(CC)N(C(=O)NC)C(=O)C(C)Cc1ccc(OC)c(NS(=O)(=O)O)c1. The summed E-state index contributed by atoms with van der Waals surface area (Å²) in [6.07, 6.45) is 2.49. The average molecular weight is 430 g/mol. The van der Waals surface area contributed by atoms with Crippen molar-refractivity contribution in [2.24, 2.45) is 5.92 Å². The molecule has 164 valence electrons. The molecular formula is C19H31N3O6S. The second-order valence-corrected chi connectivity index (χ2v) is 7.99. The number of carbonyl (C=O) groups is 2. The number of benzene rings is 1. The summed E-state index contributed by atoms with van der Waals surface area (Å²) in [5, 5.41) is 2.53. The third-order valence-electron chi connectivity index (χ3n) is 4.59. The molecule has 2 atom stereocenters. The number of ether oxygens (including phenoxy) is 1. The molecule has 0 aliphatic carbocycles. The molecule has 0 radical (unpaired) electrons. The lowest BCUT2D eigenvalue weighted by atomic mass is 9.97. The Labute approximate surface area is 172 Å². The smallest absolute Gasteiger partial charge is 0.357 e. The van der Waals surface area contributed by atoms with Crippen LogP contribution in [0, 0.1) is 5.92 Å². The number of nitrogens with zero attached hydrogens (tertiary/aromatic N) is 1. The van der Waals surface area contributed by atoms with Crippen molar-refractivity contribution in [2.75, 3.05) is 18.9 Å². The van der Waals surface area contributed by atoms with E-state index in [1.165, 1.54) is 25.1 Å². The first-order valence-electron chi connectivity index (χ1n) is 9.54. The molecule has 10 heteroatoms. The number of anilines is 1. The molecule has 3 amide bonds. The fourth-order valence-electron chi connectivity index (χ4n) is 3.19. The molecule has 0 aliphatic rings. The Morgan fingerprint density at radius 1 is 1.28 bits per heavy atom. The van der Waals surface area contributed by atoms with E-state index in [0.717, 1.165) is 6.42 Å². The summed E-state index contributed by atoms with van der Waals surface area (Å²) in [5.74, 6) is -0.596. The van der Waals surface area contributed by atoms with Gasteiger partial charge >= 0.3 is 16.3 Å². The van der Waals surface area contributed by atoms with Crippen molar-refractivity contribution in [3.05, 3.63) is 23.8 Å². The van der Waals surface area contributed by atoms with Crippen LogP contribution in [0.2, 0.25) is 0 Å². The molecule has 1 aromatic carbocycles. The lowest BCUT2D eigenvalue weighted by Crippen LogP contribution is -2.50. The fourth-order valence-corrected chi connectivity index (χ4v) is 3.63. The van der Waals surface area contributed by atoms with E-state index in [9.17, 15) is 18.0 Å². The van der Waals surface area contributed by atoms with Gasteiger partial charge in [0.15, 0.2) is 0 Å². The molecule has 29 heavy (non-hydrogen) atoms. The van der Waals surface area contributed by atoms with Crippen molar-refractivity contribution in [3.8, 4) is 5.75 Å². The van der Waals surface area contributed by atoms with Gasteiger partial charge in [0.1, 0.15) is 5.75 Å². The zero-order valence-corrected chi connectivity index (χ0v) is 18.4. The lowest BCUT2D eigenvalue weighted by molar-refractivity contribution is -0.134. The number of nitrogens with one attached hydrogen (secondary N) is 2. The van der Waals surface area contributed by atoms with Gasteiger partial charge in [-0.15, -0.1) is 0 Å². The standard InChI is InChI=1S/C19H31N3O6S/c1-6-8-15(7-2)22(19(24)20-4)18(23)13(3)11-14-9-10-17(28-5)16(12-14)21-29(25,26)27/h9-10,12-13,15,21H,6-8,11H2,1-5H3,(H,20,24)(H,25,26,27). The van der Waals surface area contributed by atoms with Crippen LogP contribution < -0.4 is 14.8 Å². The minimum Gasteiger partial charge on any atom is -0.495 e. The van der Waals surface area contributed by atoms with Crippen LogP contribution in [0.15, 0.2) is 18.2 Å². The van der Waals surface area contributed by atoms with E-state index in [1.807, 2.05) is 18.6 Å². The van der Waals surface area contributed by atoms with E-state index in [2.05, 4.69) is 5.32 Å². The van der Waals surface area contributed by atoms with Crippen molar-refractivity contribution in [1.82, 2.24) is 10.2 Å². The van der Waals surface area contributed by atoms with Gasteiger partial charge in [0.05, 0.1) is 12.8 Å². The highest BCUT2D eigenvalue weighted by atomic mass is 32.2. The summed E-state index contributed by atoms with van der Waals surface area (Å²) in [4.78, 5) is 26.7. The molecule has 0 saturated carbocycles. The van der Waals surface area contributed by atoms with Crippen LogP contribution in [0.3, 0.4) is 0 Å². The summed E-state index contributed by atoms with van der Waals surface area (Å²) in [5.41, 5.74) is 0.714. The fraction of sp³-hybridized carbons (Fsp3) is 0.579. The van der Waals surface area contributed by atoms with Crippen molar-refractivity contribution < 1.29 is 27.3 Å². The number of carbonyl (C=O) groups excluding carboxylic acids is 2. The Morgan fingerprint density at radius 3 is 2.41 bits per heavy atom. The molecule has 0 saturated heterocycles. The highest BCUT2D eigenvalue weighted by Gasteiger charge is 2.31. The first-order valence-corrected chi connectivity index (χ1v) is 11.0. The average Bonchev–Trinajstić information content (AvgIpc) is 2.65. The Bertz CT molecular complexity index is 812. The van der Waals surface area contributed by atoms with Crippen LogP contribution >= 0.6 is 0 Å². The maximum absolute atomic E-state index is 13.0.